The zero-order valence-electron chi connectivity index (χ0n) is 13.4. The van der Waals surface area contributed by atoms with Crippen molar-refractivity contribution in [2.24, 2.45) is 5.92 Å². The summed E-state index contributed by atoms with van der Waals surface area (Å²) in [7, 11) is 1.51. The van der Waals surface area contributed by atoms with Crippen molar-refractivity contribution in [3.8, 4) is 22.8 Å². The van der Waals surface area contributed by atoms with Crippen LogP contribution in [0.3, 0.4) is 0 Å². The Morgan fingerprint density at radius 2 is 2.00 bits per heavy atom. The fraction of sp³-hybridized carbons (Fsp3) is 0.278. The number of rotatable bonds is 5. The predicted molar refractivity (Wildman–Crippen MR) is 90.3 cm³/mol. The first-order valence-corrected chi connectivity index (χ1v) is 8.02. The normalized spacial score (nSPS) is 13.9. The Labute approximate surface area is 139 Å². The Bertz CT molecular complexity index is 910. The van der Waals surface area contributed by atoms with Gasteiger partial charge in [0.1, 0.15) is 0 Å². The lowest BCUT2D eigenvalue weighted by Crippen LogP contribution is -2.19. The minimum atomic E-state index is -0.220. The van der Waals surface area contributed by atoms with E-state index >= 15 is 0 Å². The number of benzene rings is 1. The second-order valence-corrected chi connectivity index (χ2v) is 6.00. The average molecular weight is 322 g/mol. The number of ether oxygens (including phenoxy) is 1. The monoisotopic (exact) mass is 322 g/mol. The zero-order chi connectivity index (χ0) is 16.5. The molecule has 1 fully saturated rings. The van der Waals surface area contributed by atoms with Crippen molar-refractivity contribution in [3.05, 3.63) is 59.0 Å². The largest absolute Gasteiger partial charge is 0.491 e. The summed E-state index contributed by atoms with van der Waals surface area (Å²) < 4.78 is 8.81. The highest BCUT2D eigenvalue weighted by Crippen LogP contribution is 2.30. The fourth-order valence-corrected chi connectivity index (χ4v) is 2.74. The van der Waals surface area contributed by atoms with Gasteiger partial charge in [-0.25, -0.2) is 4.68 Å². The molecule has 0 amide bonds. The van der Waals surface area contributed by atoms with Gasteiger partial charge in [0.05, 0.1) is 30.9 Å². The number of hydrogen-bond acceptors (Lipinski definition) is 4. The summed E-state index contributed by atoms with van der Waals surface area (Å²) in [5, 5.41) is 8.90. The molecule has 1 saturated carbocycles. The second-order valence-electron chi connectivity index (χ2n) is 6.00. The van der Waals surface area contributed by atoms with Gasteiger partial charge >= 0.3 is 0 Å². The molecule has 1 aromatic carbocycles. The SMILES string of the molecule is COc1cn(CC2CC2)nc(-c2ccnn2-c2ccccc2)c1=O. The lowest BCUT2D eigenvalue weighted by Gasteiger charge is -2.11. The van der Waals surface area contributed by atoms with Crippen molar-refractivity contribution in [3.63, 3.8) is 0 Å². The molecule has 1 aliphatic rings. The van der Waals surface area contributed by atoms with E-state index in [0.717, 1.165) is 12.2 Å². The van der Waals surface area contributed by atoms with Gasteiger partial charge in [-0.2, -0.15) is 10.2 Å². The molecule has 4 rings (SSSR count). The molecular formula is C18H18N4O2. The van der Waals surface area contributed by atoms with Gasteiger partial charge in [-0.3, -0.25) is 9.48 Å². The van der Waals surface area contributed by atoms with Crippen LogP contribution in [-0.4, -0.2) is 26.7 Å². The standard InChI is InChI=1S/C18H18N4O2/c1-24-16-12-21(11-13-7-8-13)20-17(18(16)23)15-9-10-19-22(15)14-5-3-2-4-6-14/h2-6,9-10,12-13H,7-8,11H2,1H3. The Morgan fingerprint density at radius 3 is 2.71 bits per heavy atom. The first-order valence-electron chi connectivity index (χ1n) is 8.02. The van der Waals surface area contributed by atoms with Crippen LogP contribution in [0.4, 0.5) is 0 Å². The molecule has 0 spiro atoms. The first kappa shape index (κ1) is 14.7. The topological polar surface area (TPSA) is 61.9 Å². The Hall–Kier alpha value is -2.89. The number of hydrogen-bond donors (Lipinski definition) is 0. The van der Waals surface area contributed by atoms with E-state index in [1.54, 1.807) is 23.1 Å². The van der Waals surface area contributed by atoms with Crippen LogP contribution < -0.4 is 10.2 Å². The van der Waals surface area contributed by atoms with Gasteiger partial charge in [-0.1, -0.05) is 18.2 Å². The third kappa shape index (κ3) is 2.71. The van der Waals surface area contributed by atoms with E-state index < -0.39 is 0 Å². The Balaban J connectivity index is 1.84. The molecule has 0 saturated heterocycles. The van der Waals surface area contributed by atoms with Crippen molar-refractivity contribution < 1.29 is 4.74 Å². The lowest BCUT2D eigenvalue weighted by atomic mass is 10.2. The maximum Gasteiger partial charge on any atom is 0.251 e. The van der Waals surface area contributed by atoms with Gasteiger partial charge in [-0.05, 0) is 37.0 Å². The van der Waals surface area contributed by atoms with Gasteiger partial charge in [0.25, 0.3) is 5.43 Å². The molecule has 2 heterocycles. The molecule has 0 N–H and O–H groups in total. The van der Waals surface area contributed by atoms with Crippen molar-refractivity contribution in [1.82, 2.24) is 19.6 Å². The lowest BCUT2D eigenvalue weighted by molar-refractivity contribution is 0.398. The smallest absolute Gasteiger partial charge is 0.251 e. The quantitative estimate of drug-likeness (QED) is 0.724. The molecule has 0 atom stereocenters. The average Bonchev–Trinajstić information content (AvgIpc) is 3.29. The van der Waals surface area contributed by atoms with Crippen LogP contribution in [0.5, 0.6) is 5.75 Å². The minimum Gasteiger partial charge on any atom is -0.491 e. The summed E-state index contributed by atoms with van der Waals surface area (Å²) in [4.78, 5) is 12.7. The molecule has 2 aromatic heterocycles. The molecule has 0 radical (unpaired) electrons. The summed E-state index contributed by atoms with van der Waals surface area (Å²) in [5.41, 5.74) is 1.68. The van der Waals surface area contributed by atoms with Crippen LogP contribution in [0.15, 0.2) is 53.6 Å². The van der Waals surface area contributed by atoms with Crippen LogP contribution in [0, 0.1) is 5.92 Å². The Kier molecular flexibility index (Phi) is 3.65. The van der Waals surface area contributed by atoms with E-state index in [4.69, 9.17) is 4.74 Å². The molecule has 6 heteroatoms. The molecule has 1 aliphatic carbocycles. The third-order valence-corrected chi connectivity index (χ3v) is 4.18. The highest BCUT2D eigenvalue weighted by molar-refractivity contribution is 5.58. The van der Waals surface area contributed by atoms with Gasteiger partial charge in [-0.15, -0.1) is 0 Å². The van der Waals surface area contributed by atoms with Gasteiger partial charge in [0, 0.05) is 6.54 Å². The van der Waals surface area contributed by atoms with E-state index in [9.17, 15) is 4.79 Å². The predicted octanol–water partition coefficient (Wildman–Crippen LogP) is 2.51. The highest BCUT2D eigenvalue weighted by Gasteiger charge is 2.23. The van der Waals surface area contributed by atoms with Gasteiger partial charge in [0.2, 0.25) is 0 Å². The maximum atomic E-state index is 12.7. The number of nitrogens with zero attached hydrogens (tertiary/aromatic N) is 4. The molecule has 0 aliphatic heterocycles. The van der Waals surface area contributed by atoms with Crippen molar-refractivity contribution in [1.29, 1.82) is 0 Å². The fourth-order valence-electron chi connectivity index (χ4n) is 2.74. The van der Waals surface area contributed by atoms with Crippen molar-refractivity contribution in [2.75, 3.05) is 7.11 Å². The summed E-state index contributed by atoms with van der Waals surface area (Å²) in [6.07, 6.45) is 5.79. The highest BCUT2D eigenvalue weighted by atomic mass is 16.5. The van der Waals surface area contributed by atoms with E-state index in [-0.39, 0.29) is 5.43 Å². The van der Waals surface area contributed by atoms with Crippen molar-refractivity contribution >= 4 is 0 Å². The van der Waals surface area contributed by atoms with E-state index in [2.05, 4.69) is 10.2 Å². The van der Waals surface area contributed by atoms with Crippen molar-refractivity contribution in [2.45, 2.75) is 19.4 Å². The van der Waals surface area contributed by atoms with Gasteiger partial charge in [0.15, 0.2) is 11.4 Å². The first-order chi connectivity index (χ1) is 11.8. The van der Waals surface area contributed by atoms with Crippen LogP contribution >= 0.6 is 0 Å². The molecule has 0 bridgehead atoms. The zero-order valence-corrected chi connectivity index (χ0v) is 13.4. The molecule has 122 valence electrons. The van der Waals surface area contributed by atoms with Crippen LogP contribution in [0.25, 0.3) is 17.1 Å². The number of para-hydroxylation sites is 1. The van der Waals surface area contributed by atoms with E-state index in [1.807, 2.05) is 35.0 Å². The molecule has 3 aromatic rings. The van der Waals surface area contributed by atoms with Crippen LogP contribution in [0.1, 0.15) is 12.8 Å². The molecule has 0 unspecified atom stereocenters. The Morgan fingerprint density at radius 1 is 1.21 bits per heavy atom. The van der Waals surface area contributed by atoms with E-state index in [1.165, 1.54) is 20.0 Å². The number of methoxy groups -OCH3 is 1. The molecule has 24 heavy (non-hydrogen) atoms. The summed E-state index contributed by atoms with van der Waals surface area (Å²) in [5.74, 6) is 0.957. The van der Waals surface area contributed by atoms with Crippen LogP contribution in [-0.2, 0) is 6.54 Å². The maximum absolute atomic E-state index is 12.7. The van der Waals surface area contributed by atoms with Gasteiger partial charge < -0.3 is 4.74 Å². The summed E-state index contributed by atoms with van der Waals surface area (Å²) >= 11 is 0. The molecular weight excluding hydrogens is 304 g/mol. The number of aromatic nitrogens is 4. The minimum absolute atomic E-state index is 0.220. The molecule has 6 nitrogen and oxygen atoms in total. The summed E-state index contributed by atoms with van der Waals surface area (Å²) in [6.45, 7) is 0.809. The van der Waals surface area contributed by atoms with E-state index in [0.29, 0.717) is 23.1 Å². The second kappa shape index (κ2) is 5.96. The van der Waals surface area contributed by atoms with Crippen LogP contribution in [0.2, 0.25) is 0 Å². The third-order valence-electron chi connectivity index (χ3n) is 4.18. The summed E-state index contributed by atoms with van der Waals surface area (Å²) in [6, 6.07) is 11.5.